The van der Waals surface area contributed by atoms with Gasteiger partial charge in [0.15, 0.2) is 5.60 Å². The largest absolute Gasteiger partial charge is 0.464 e. The second-order valence-electron chi connectivity index (χ2n) is 6.74. The van der Waals surface area contributed by atoms with Crippen molar-refractivity contribution in [2.75, 3.05) is 6.61 Å². The summed E-state index contributed by atoms with van der Waals surface area (Å²) in [5.74, 6) is -0.193. The SMILES string of the molecule is CCCCCCCCCC[C@]1(C(=O)OCC)O[C@H]1c1ccccc1. The average Bonchev–Trinajstić information content (AvgIpc) is 3.34. The van der Waals surface area contributed by atoms with Crippen LogP contribution < -0.4 is 0 Å². The lowest BCUT2D eigenvalue weighted by molar-refractivity contribution is -0.149. The minimum absolute atomic E-state index is 0.137. The zero-order valence-corrected chi connectivity index (χ0v) is 15.3. The van der Waals surface area contributed by atoms with E-state index in [9.17, 15) is 4.79 Å². The van der Waals surface area contributed by atoms with Crippen LogP contribution in [0.25, 0.3) is 0 Å². The van der Waals surface area contributed by atoms with Crippen LogP contribution in [0, 0.1) is 0 Å². The number of ether oxygens (including phenoxy) is 2. The van der Waals surface area contributed by atoms with E-state index in [0.29, 0.717) is 6.61 Å². The Morgan fingerprint density at radius 1 is 1.00 bits per heavy atom. The molecule has 134 valence electrons. The van der Waals surface area contributed by atoms with E-state index in [1.165, 1.54) is 38.5 Å². The standard InChI is InChI=1S/C21H32O3/c1-3-5-6-7-8-9-10-14-17-21(20(22)23-4-2)19(24-21)18-15-12-11-13-16-18/h11-13,15-16,19H,3-10,14,17H2,1-2H3/t19-,21-/m0/s1. The Kier molecular flexibility index (Phi) is 7.77. The van der Waals surface area contributed by atoms with E-state index in [-0.39, 0.29) is 12.1 Å². The number of epoxide rings is 1. The van der Waals surface area contributed by atoms with Gasteiger partial charge in [0.2, 0.25) is 0 Å². The molecule has 0 saturated carbocycles. The number of hydrogen-bond donors (Lipinski definition) is 0. The zero-order valence-electron chi connectivity index (χ0n) is 15.3. The van der Waals surface area contributed by atoms with E-state index < -0.39 is 5.60 Å². The van der Waals surface area contributed by atoms with Crippen molar-refractivity contribution >= 4 is 5.97 Å². The molecule has 1 aliphatic heterocycles. The molecule has 1 saturated heterocycles. The Morgan fingerprint density at radius 3 is 2.25 bits per heavy atom. The molecule has 0 radical (unpaired) electrons. The third-order valence-corrected chi connectivity index (χ3v) is 4.82. The maximum atomic E-state index is 12.4. The molecule has 2 rings (SSSR count). The summed E-state index contributed by atoms with van der Waals surface area (Å²) in [6.45, 7) is 4.50. The summed E-state index contributed by atoms with van der Waals surface area (Å²) in [4.78, 5) is 12.4. The molecule has 0 aliphatic carbocycles. The summed E-state index contributed by atoms with van der Waals surface area (Å²) in [6.07, 6.45) is 10.7. The van der Waals surface area contributed by atoms with Gasteiger partial charge in [-0.25, -0.2) is 4.79 Å². The molecule has 2 atom stereocenters. The molecule has 0 bridgehead atoms. The molecular weight excluding hydrogens is 300 g/mol. The number of esters is 1. The number of hydrogen-bond acceptors (Lipinski definition) is 3. The van der Waals surface area contributed by atoms with E-state index in [0.717, 1.165) is 24.8 Å². The molecule has 0 N–H and O–H groups in total. The van der Waals surface area contributed by atoms with Crippen molar-refractivity contribution < 1.29 is 14.3 Å². The van der Waals surface area contributed by atoms with Crippen LogP contribution in [-0.4, -0.2) is 18.2 Å². The number of carbonyl (C=O) groups is 1. The van der Waals surface area contributed by atoms with E-state index in [2.05, 4.69) is 6.92 Å². The van der Waals surface area contributed by atoms with Crippen LogP contribution in [-0.2, 0) is 14.3 Å². The maximum absolute atomic E-state index is 12.4. The predicted molar refractivity (Wildman–Crippen MR) is 96.9 cm³/mol. The maximum Gasteiger partial charge on any atom is 0.341 e. The van der Waals surface area contributed by atoms with E-state index in [1.807, 2.05) is 37.3 Å². The molecule has 0 aromatic heterocycles. The fourth-order valence-electron chi connectivity index (χ4n) is 3.36. The molecule has 1 heterocycles. The van der Waals surface area contributed by atoms with Crippen LogP contribution in [0.5, 0.6) is 0 Å². The first-order valence-corrected chi connectivity index (χ1v) is 9.64. The van der Waals surface area contributed by atoms with Crippen molar-refractivity contribution in [2.24, 2.45) is 0 Å². The van der Waals surface area contributed by atoms with Crippen LogP contribution in [0.2, 0.25) is 0 Å². The normalized spacial score (nSPS) is 22.3. The Labute approximate surface area is 146 Å². The lowest BCUT2D eigenvalue weighted by Gasteiger charge is -2.12. The van der Waals surface area contributed by atoms with E-state index >= 15 is 0 Å². The highest BCUT2D eigenvalue weighted by atomic mass is 16.7. The fraction of sp³-hybridized carbons (Fsp3) is 0.667. The lowest BCUT2D eigenvalue weighted by atomic mass is 9.93. The number of unbranched alkanes of at least 4 members (excludes halogenated alkanes) is 7. The van der Waals surface area contributed by atoms with Gasteiger partial charge in [-0.15, -0.1) is 0 Å². The van der Waals surface area contributed by atoms with Crippen LogP contribution >= 0.6 is 0 Å². The third-order valence-electron chi connectivity index (χ3n) is 4.82. The summed E-state index contributed by atoms with van der Waals surface area (Å²) < 4.78 is 11.2. The van der Waals surface area contributed by atoms with Crippen molar-refractivity contribution in [2.45, 2.75) is 83.3 Å². The summed E-state index contributed by atoms with van der Waals surface area (Å²) in [7, 11) is 0. The van der Waals surface area contributed by atoms with Crippen LogP contribution in [0.4, 0.5) is 0 Å². The van der Waals surface area contributed by atoms with Gasteiger partial charge in [-0.3, -0.25) is 0 Å². The minimum Gasteiger partial charge on any atom is -0.464 e. The minimum atomic E-state index is -0.737. The van der Waals surface area contributed by atoms with Crippen LogP contribution in [0.1, 0.15) is 83.3 Å². The van der Waals surface area contributed by atoms with E-state index in [1.54, 1.807) is 0 Å². The Hall–Kier alpha value is -1.35. The molecule has 1 aromatic rings. The van der Waals surface area contributed by atoms with Gasteiger partial charge in [0.1, 0.15) is 6.10 Å². The van der Waals surface area contributed by atoms with Crippen LogP contribution in [0.3, 0.4) is 0 Å². The Balaban J connectivity index is 1.78. The molecule has 1 aliphatic rings. The van der Waals surface area contributed by atoms with Crippen molar-refractivity contribution in [1.29, 1.82) is 0 Å². The molecular formula is C21H32O3. The number of rotatable bonds is 12. The summed E-state index contributed by atoms with van der Waals surface area (Å²) in [5.41, 5.74) is 0.338. The second-order valence-corrected chi connectivity index (χ2v) is 6.74. The molecule has 0 unspecified atom stereocenters. The first kappa shape index (κ1) is 19.0. The summed E-state index contributed by atoms with van der Waals surface area (Å²) in [5, 5.41) is 0. The van der Waals surface area contributed by atoms with Gasteiger partial charge in [0.05, 0.1) is 6.61 Å². The number of benzene rings is 1. The Morgan fingerprint density at radius 2 is 1.62 bits per heavy atom. The van der Waals surface area contributed by atoms with Gasteiger partial charge in [0, 0.05) is 0 Å². The highest BCUT2D eigenvalue weighted by molar-refractivity contribution is 5.83. The second kappa shape index (κ2) is 9.83. The molecule has 0 amide bonds. The zero-order chi connectivity index (χ0) is 17.3. The van der Waals surface area contributed by atoms with Gasteiger partial charge < -0.3 is 9.47 Å². The first-order chi connectivity index (χ1) is 11.7. The smallest absolute Gasteiger partial charge is 0.341 e. The predicted octanol–water partition coefficient (Wildman–Crippen LogP) is 5.59. The average molecular weight is 332 g/mol. The van der Waals surface area contributed by atoms with Crippen molar-refractivity contribution in [1.82, 2.24) is 0 Å². The van der Waals surface area contributed by atoms with E-state index in [4.69, 9.17) is 9.47 Å². The molecule has 3 heteroatoms. The Bertz CT molecular complexity index is 485. The molecule has 0 spiro atoms. The summed E-state index contributed by atoms with van der Waals surface area (Å²) in [6, 6.07) is 10.0. The molecule has 1 fully saturated rings. The highest BCUT2D eigenvalue weighted by Crippen LogP contribution is 2.53. The van der Waals surface area contributed by atoms with Gasteiger partial charge in [-0.1, -0.05) is 82.2 Å². The molecule has 24 heavy (non-hydrogen) atoms. The summed E-state index contributed by atoms with van der Waals surface area (Å²) >= 11 is 0. The van der Waals surface area contributed by atoms with Gasteiger partial charge >= 0.3 is 5.97 Å². The fourth-order valence-corrected chi connectivity index (χ4v) is 3.36. The quantitative estimate of drug-likeness (QED) is 0.284. The monoisotopic (exact) mass is 332 g/mol. The highest BCUT2D eigenvalue weighted by Gasteiger charge is 2.63. The molecule has 3 nitrogen and oxygen atoms in total. The van der Waals surface area contributed by atoms with Crippen LogP contribution in [0.15, 0.2) is 30.3 Å². The number of carbonyl (C=O) groups excluding carboxylic acids is 1. The lowest BCUT2D eigenvalue weighted by Crippen LogP contribution is -2.28. The van der Waals surface area contributed by atoms with Gasteiger partial charge in [0.25, 0.3) is 0 Å². The van der Waals surface area contributed by atoms with Crippen molar-refractivity contribution in [3.63, 3.8) is 0 Å². The topological polar surface area (TPSA) is 38.8 Å². The first-order valence-electron chi connectivity index (χ1n) is 9.64. The van der Waals surface area contributed by atoms with Crippen molar-refractivity contribution in [3.05, 3.63) is 35.9 Å². The van der Waals surface area contributed by atoms with Crippen molar-refractivity contribution in [3.8, 4) is 0 Å². The third kappa shape index (κ3) is 5.07. The van der Waals surface area contributed by atoms with Gasteiger partial charge in [-0.05, 0) is 25.3 Å². The molecule has 1 aromatic carbocycles. The van der Waals surface area contributed by atoms with Gasteiger partial charge in [-0.2, -0.15) is 0 Å².